The van der Waals surface area contributed by atoms with E-state index in [9.17, 15) is 9.59 Å². The highest BCUT2D eigenvalue weighted by Gasteiger charge is 2.25. The van der Waals surface area contributed by atoms with Crippen LogP contribution < -0.4 is 5.32 Å². The molecule has 4 heteroatoms. The van der Waals surface area contributed by atoms with Crippen molar-refractivity contribution in [3.05, 3.63) is 70.8 Å². The van der Waals surface area contributed by atoms with Gasteiger partial charge in [0.05, 0.1) is 12.5 Å². The SMILES string of the molecule is Cc1ccc(CC(=O)O[C@H](C)C(=O)N[C@@H]2CCCc3ccccc32)cc1. The lowest BCUT2D eigenvalue weighted by atomic mass is 9.87. The average molecular weight is 351 g/mol. The standard InChI is InChI=1S/C22H25NO3/c1-15-10-12-17(13-11-15)14-21(24)26-16(2)22(25)23-20-9-5-7-18-6-3-4-8-19(18)20/h3-4,6,8,10-13,16,20H,5,7,9,14H2,1-2H3,(H,23,25)/t16-,20-/m1/s1. The minimum absolute atomic E-state index is 0.00861. The first-order valence-electron chi connectivity index (χ1n) is 9.16. The van der Waals surface area contributed by atoms with Crippen molar-refractivity contribution in [2.75, 3.05) is 0 Å². The van der Waals surface area contributed by atoms with Gasteiger partial charge in [0.25, 0.3) is 5.91 Å². The highest BCUT2D eigenvalue weighted by atomic mass is 16.5. The Kier molecular flexibility index (Phi) is 5.71. The van der Waals surface area contributed by atoms with E-state index in [0.717, 1.165) is 30.4 Å². The number of hydrogen-bond acceptors (Lipinski definition) is 3. The Morgan fingerprint density at radius 2 is 1.88 bits per heavy atom. The number of aryl methyl sites for hydroxylation is 2. The van der Waals surface area contributed by atoms with Gasteiger partial charge in [-0.2, -0.15) is 0 Å². The molecule has 0 radical (unpaired) electrons. The molecule has 0 fully saturated rings. The minimum atomic E-state index is -0.804. The van der Waals surface area contributed by atoms with Crippen molar-refractivity contribution in [2.45, 2.75) is 51.7 Å². The van der Waals surface area contributed by atoms with Crippen LogP contribution in [-0.4, -0.2) is 18.0 Å². The van der Waals surface area contributed by atoms with Crippen LogP contribution in [0.3, 0.4) is 0 Å². The zero-order valence-corrected chi connectivity index (χ0v) is 15.3. The first kappa shape index (κ1) is 18.2. The highest BCUT2D eigenvalue weighted by Crippen LogP contribution is 2.29. The van der Waals surface area contributed by atoms with Gasteiger partial charge in [0.1, 0.15) is 0 Å². The van der Waals surface area contributed by atoms with Gasteiger partial charge in [0, 0.05) is 0 Å². The van der Waals surface area contributed by atoms with Crippen LogP contribution in [0.5, 0.6) is 0 Å². The third-order valence-corrected chi connectivity index (χ3v) is 4.83. The zero-order valence-electron chi connectivity index (χ0n) is 15.3. The number of nitrogens with one attached hydrogen (secondary N) is 1. The van der Waals surface area contributed by atoms with Gasteiger partial charge < -0.3 is 10.1 Å². The summed E-state index contributed by atoms with van der Waals surface area (Å²) in [5.74, 6) is -0.635. The zero-order chi connectivity index (χ0) is 18.5. The molecule has 26 heavy (non-hydrogen) atoms. The third-order valence-electron chi connectivity index (χ3n) is 4.83. The van der Waals surface area contributed by atoms with E-state index in [4.69, 9.17) is 4.74 Å². The summed E-state index contributed by atoms with van der Waals surface area (Å²) in [5, 5.41) is 3.04. The summed E-state index contributed by atoms with van der Waals surface area (Å²) in [6.45, 7) is 3.62. The minimum Gasteiger partial charge on any atom is -0.452 e. The van der Waals surface area contributed by atoms with E-state index in [1.165, 1.54) is 11.1 Å². The second-order valence-corrected chi connectivity index (χ2v) is 6.95. The Morgan fingerprint density at radius 1 is 1.15 bits per heavy atom. The van der Waals surface area contributed by atoms with Gasteiger partial charge in [-0.1, -0.05) is 54.1 Å². The molecule has 0 heterocycles. The number of benzene rings is 2. The van der Waals surface area contributed by atoms with E-state index >= 15 is 0 Å². The smallest absolute Gasteiger partial charge is 0.311 e. The fourth-order valence-electron chi connectivity index (χ4n) is 3.36. The molecule has 3 rings (SSSR count). The van der Waals surface area contributed by atoms with E-state index in [1.54, 1.807) is 6.92 Å². The summed E-state index contributed by atoms with van der Waals surface area (Å²) in [4.78, 5) is 24.6. The van der Waals surface area contributed by atoms with Gasteiger partial charge >= 0.3 is 5.97 Å². The number of hydrogen-bond donors (Lipinski definition) is 1. The number of carbonyl (C=O) groups excluding carboxylic acids is 2. The molecule has 1 amide bonds. The van der Waals surface area contributed by atoms with Crippen LogP contribution in [0, 0.1) is 6.92 Å². The Labute approximate surface area is 154 Å². The van der Waals surface area contributed by atoms with Gasteiger partial charge in [-0.05, 0) is 49.8 Å². The van der Waals surface area contributed by atoms with E-state index in [-0.39, 0.29) is 24.3 Å². The molecule has 4 nitrogen and oxygen atoms in total. The molecular formula is C22H25NO3. The lowest BCUT2D eigenvalue weighted by molar-refractivity contribution is -0.154. The molecule has 1 aliphatic carbocycles. The molecule has 0 aliphatic heterocycles. The van der Waals surface area contributed by atoms with Gasteiger partial charge in [-0.25, -0.2) is 0 Å². The van der Waals surface area contributed by atoms with Gasteiger partial charge in [-0.15, -0.1) is 0 Å². The summed E-state index contributed by atoms with van der Waals surface area (Å²) in [5.41, 5.74) is 4.48. The van der Waals surface area contributed by atoms with Crippen LogP contribution in [0.1, 0.15) is 48.1 Å². The van der Waals surface area contributed by atoms with E-state index < -0.39 is 6.10 Å². The summed E-state index contributed by atoms with van der Waals surface area (Å²) in [7, 11) is 0. The van der Waals surface area contributed by atoms with Crippen LogP contribution in [0.25, 0.3) is 0 Å². The fraction of sp³-hybridized carbons (Fsp3) is 0.364. The molecule has 0 bridgehead atoms. The maximum atomic E-state index is 12.5. The molecule has 0 saturated heterocycles. The molecule has 0 aromatic heterocycles. The van der Waals surface area contributed by atoms with Crippen molar-refractivity contribution < 1.29 is 14.3 Å². The molecule has 0 unspecified atom stereocenters. The molecule has 136 valence electrons. The number of ether oxygens (including phenoxy) is 1. The monoisotopic (exact) mass is 351 g/mol. The predicted molar refractivity (Wildman–Crippen MR) is 101 cm³/mol. The van der Waals surface area contributed by atoms with Gasteiger partial charge in [0.2, 0.25) is 0 Å². The van der Waals surface area contributed by atoms with Crippen LogP contribution in [0.2, 0.25) is 0 Å². The number of carbonyl (C=O) groups is 2. The van der Waals surface area contributed by atoms with Crippen molar-refractivity contribution in [1.82, 2.24) is 5.32 Å². The highest BCUT2D eigenvalue weighted by molar-refractivity contribution is 5.84. The summed E-state index contributed by atoms with van der Waals surface area (Å²) in [6, 6.07) is 15.9. The van der Waals surface area contributed by atoms with Crippen LogP contribution in [-0.2, 0) is 27.2 Å². The summed E-state index contributed by atoms with van der Waals surface area (Å²) >= 11 is 0. The first-order chi connectivity index (χ1) is 12.5. The largest absolute Gasteiger partial charge is 0.452 e. The Morgan fingerprint density at radius 3 is 2.65 bits per heavy atom. The molecule has 2 aromatic carbocycles. The van der Waals surface area contributed by atoms with Crippen molar-refractivity contribution >= 4 is 11.9 Å². The topological polar surface area (TPSA) is 55.4 Å². The lowest BCUT2D eigenvalue weighted by Crippen LogP contribution is -2.39. The first-order valence-corrected chi connectivity index (χ1v) is 9.16. The van der Waals surface area contributed by atoms with E-state index in [0.29, 0.717) is 0 Å². The third kappa shape index (κ3) is 4.51. The number of amides is 1. The van der Waals surface area contributed by atoms with Crippen LogP contribution >= 0.6 is 0 Å². The van der Waals surface area contributed by atoms with E-state index in [2.05, 4.69) is 17.4 Å². The Hall–Kier alpha value is -2.62. The fourth-order valence-corrected chi connectivity index (χ4v) is 3.36. The Bertz CT molecular complexity index is 782. The Balaban J connectivity index is 1.55. The normalized spacial score (nSPS) is 17.1. The molecule has 0 saturated carbocycles. The maximum absolute atomic E-state index is 12.5. The molecule has 0 spiro atoms. The van der Waals surface area contributed by atoms with Crippen molar-refractivity contribution in [3.8, 4) is 0 Å². The van der Waals surface area contributed by atoms with Crippen LogP contribution in [0.4, 0.5) is 0 Å². The van der Waals surface area contributed by atoms with E-state index in [1.807, 2.05) is 43.3 Å². The molecule has 2 aromatic rings. The van der Waals surface area contributed by atoms with Crippen LogP contribution in [0.15, 0.2) is 48.5 Å². The average Bonchev–Trinajstić information content (AvgIpc) is 2.64. The predicted octanol–water partition coefficient (Wildman–Crippen LogP) is 3.66. The summed E-state index contributed by atoms with van der Waals surface area (Å²) < 4.78 is 5.32. The maximum Gasteiger partial charge on any atom is 0.311 e. The lowest BCUT2D eigenvalue weighted by Gasteiger charge is -2.27. The summed E-state index contributed by atoms with van der Waals surface area (Å²) in [6.07, 6.45) is 2.37. The number of fused-ring (bicyclic) bond motifs is 1. The quantitative estimate of drug-likeness (QED) is 0.837. The molecule has 1 N–H and O–H groups in total. The number of esters is 1. The second-order valence-electron chi connectivity index (χ2n) is 6.95. The molecule has 2 atom stereocenters. The molecular weight excluding hydrogens is 326 g/mol. The van der Waals surface area contributed by atoms with Crippen molar-refractivity contribution in [1.29, 1.82) is 0 Å². The second kappa shape index (κ2) is 8.17. The number of rotatable bonds is 5. The van der Waals surface area contributed by atoms with Crippen molar-refractivity contribution in [2.24, 2.45) is 0 Å². The van der Waals surface area contributed by atoms with Gasteiger partial charge in [0.15, 0.2) is 6.10 Å². The van der Waals surface area contributed by atoms with Gasteiger partial charge in [-0.3, -0.25) is 9.59 Å². The van der Waals surface area contributed by atoms with Crippen molar-refractivity contribution in [3.63, 3.8) is 0 Å². The molecule has 1 aliphatic rings.